The van der Waals surface area contributed by atoms with E-state index in [9.17, 15) is 9.59 Å². The minimum Gasteiger partial charge on any atom is -0.475 e. The van der Waals surface area contributed by atoms with E-state index in [1.807, 2.05) is 31.2 Å². The van der Waals surface area contributed by atoms with Crippen LogP contribution in [0.4, 0.5) is 0 Å². The minimum absolute atomic E-state index is 0.0162. The van der Waals surface area contributed by atoms with E-state index in [4.69, 9.17) is 5.11 Å². The summed E-state index contributed by atoms with van der Waals surface area (Å²) in [6.45, 7) is 2.39. The van der Waals surface area contributed by atoms with Crippen molar-refractivity contribution in [1.82, 2.24) is 10.1 Å². The Morgan fingerprint density at radius 1 is 1.35 bits per heavy atom. The fraction of sp³-hybridized carbons (Fsp3) is 0.214. The highest BCUT2D eigenvalue weighted by atomic mass is 16.5. The van der Waals surface area contributed by atoms with Crippen LogP contribution >= 0.6 is 0 Å². The van der Waals surface area contributed by atoms with Crippen molar-refractivity contribution in [2.75, 3.05) is 7.05 Å². The Bertz CT molecular complexity index is 648. The standard InChI is InChI=1S/C14H14N2O4/c1-9-4-3-5-10(6-9)8-16(2)13(17)11-7-12(14(18)19)20-15-11/h3-7H,8H2,1-2H3,(H,18,19). The molecular weight excluding hydrogens is 260 g/mol. The maximum absolute atomic E-state index is 12.1. The summed E-state index contributed by atoms with van der Waals surface area (Å²) in [5.41, 5.74) is 2.08. The molecule has 2 rings (SSSR count). The highest BCUT2D eigenvalue weighted by molar-refractivity contribution is 5.94. The zero-order valence-electron chi connectivity index (χ0n) is 11.2. The van der Waals surface area contributed by atoms with Crippen LogP contribution in [-0.2, 0) is 6.54 Å². The van der Waals surface area contributed by atoms with Gasteiger partial charge in [-0.3, -0.25) is 4.79 Å². The van der Waals surface area contributed by atoms with Crippen molar-refractivity contribution in [3.05, 3.63) is 52.9 Å². The second kappa shape index (κ2) is 5.56. The summed E-state index contributed by atoms with van der Waals surface area (Å²) < 4.78 is 4.57. The van der Waals surface area contributed by atoms with Gasteiger partial charge in [0.1, 0.15) is 0 Å². The zero-order chi connectivity index (χ0) is 14.7. The lowest BCUT2D eigenvalue weighted by Gasteiger charge is -2.15. The Labute approximate surface area is 115 Å². The van der Waals surface area contributed by atoms with Crippen molar-refractivity contribution in [3.8, 4) is 0 Å². The SMILES string of the molecule is Cc1cccc(CN(C)C(=O)c2cc(C(=O)O)on2)c1. The predicted octanol–water partition coefficient (Wildman–Crippen LogP) is 1.95. The third-order valence-corrected chi connectivity index (χ3v) is 2.79. The molecule has 0 aliphatic heterocycles. The van der Waals surface area contributed by atoms with Crippen molar-refractivity contribution in [3.63, 3.8) is 0 Å². The number of carbonyl (C=O) groups excluding carboxylic acids is 1. The first-order valence-corrected chi connectivity index (χ1v) is 5.98. The fourth-order valence-electron chi connectivity index (χ4n) is 1.83. The Kier molecular flexibility index (Phi) is 3.84. The van der Waals surface area contributed by atoms with Gasteiger partial charge in [-0.2, -0.15) is 0 Å². The number of aromatic nitrogens is 1. The molecule has 0 atom stereocenters. The van der Waals surface area contributed by atoms with Crippen LogP contribution < -0.4 is 0 Å². The van der Waals surface area contributed by atoms with Crippen molar-refractivity contribution in [2.45, 2.75) is 13.5 Å². The molecule has 6 nitrogen and oxygen atoms in total. The molecule has 0 saturated heterocycles. The number of hydrogen-bond donors (Lipinski definition) is 1. The summed E-state index contributed by atoms with van der Waals surface area (Å²) in [5.74, 6) is -1.99. The molecule has 0 fully saturated rings. The van der Waals surface area contributed by atoms with Crippen LogP contribution in [0.2, 0.25) is 0 Å². The van der Waals surface area contributed by atoms with Gasteiger partial charge in [-0.05, 0) is 12.5 Å². The molecule has 20 heavy (non-hydrogen) atoms. The summed E-state index contributed by atoms with van der Waals surface area (Å²) in [5, 5.41) is 12.2. The molecule has 1 aromatic heterocycles. The number of aromatic carboxylic acids is 1. The van der Waals surface area contributed by atoms with Crippen LogP contribution in [0.15, 0.2) is 34.9 Å². The van der Waals surface area contributed by atoms with Crippen LogP contribution in [0, 0.1) is 6.92 Å². The van der Waals surface area contributed by atoms with Gasteiger partial charge in [0.25, 0.3) is 5.91 Å². The zero-order valence-corrected chi connectivity index (χ0v) is 11.2. The van der Waals surface area contributed by atoms with Gasteiger partial charge in [0.05, 0.1) is 0 Å². The van der Waals surface area contributed by atoms with Crippen molar-refractivity contribution in [1.29, 1.82) is 0 Å². The molecule has 0 spiro atoms. The van der Waals surface area contributed by atoms with E-state index in [0.29, 0.717) is 6.54 Å². The van der Waals surface area contributed by atoms with Gasteiger partial charge in [0.2, 0.25) is 5.76 Å². The lowest BCUT2D eigenvalue weighted by Crippen LogP contribution is -2.26. The normalized spacial score (nSPS) is 10.3. The second-order valence-corrected chi connectivity index (χ2v) is 4.53. The molecule has 2 aromatic rings. The fourth-order valence-corrected chi connectivity index (χ4v) is 1.83. The monoisotopic (exact) mass is 274 g/mol. The molecule has 104 valence electrons. The van der Waals surface area contributed by atoms with Crippen molar-refractivity contribution in [2.24, 2.45) is 0 Å². The van der Waals surface area contributed by atoms with Crippen molar-refractivity contribution < 1.29 is 19.2 Å². The minimum atomic E-state index is -1.25. The first-order chi connectivity index (χ1) is 9.47. The molecule has 0 aliphatic carbocycles. The highest BCUT2D eigenvalue weighted by Gasteiger charge is 2.19. The maximum Gasteiger partial charge on any atom is 0.374 e. The molecule has 1 heterocycles. The third kappa shape index (κ3) is 3.03. The number of amides is 1. The maximum atomic E-state index is 12.1. The van der Waals surface area contributed by atoms with E-state index >= 15 is 0 Å². The van der Waals surface area contributed by atoms with E-state index in [2.05, 4.69) is 9.68 Å². The number of carboxylic acids is 1. The third-order valence-electron chi connectivity index (χ3n) is 2.79. The van der Waals surface area contributed by atoms with Gasteiger partial charge in [-0.25, -0.2) is 4.79 Å². The summed E-state index contributed by atoms with van der Waals surface area (Å²) in [4.78, 5) is 24.2. The topological polar surface area (TPSA) is 83.6 Å². The Balaban J connectivity index is 2.10. The van der Waals surface area contributed by atoms with E-state index in [-0.39, 0.29) is 17.4 Å². The van der Waals surface area contributed by atoms with Gasteiger partial charge in [-0.15, -0.1) is 0 Å². The van der Waals surface area contributed by atoms with Crippen LogP contribution in [0.3, 0.4) is 0 Å². The van der Waals surface area contributed by atoms with Gasteiger partial charge in [0, 0.05) is 19.7 Å². The lowest BCUT2D eigenvalue weighted by molar-refractivity contribution is 0.0649. The Morgan fingerprint density at radius 2 is 2.10 bits per heavy atom. The number of benzene rings is 1. The summed E-state index contributed by atoms with van der Waals surface area (Å²) >= 11 is 0. The second-order valence-electron chi connectivity index (χ2n) is 4.53. The average molecular weight is 274 g/mol. The molecule has 1 aromatic carbocycles. The summed E-state index contributed by atoms with van der Waals surface area (Å²) in [6, 6.07) is 8.92. The van der Waals surface area contributed by atoms with Crippen LogP contribution in [0.5, 0.6) is 0 Å². The summed E-state index contributed by atoms with van der Waals surface area (Å²) in [6.07, 6.45) is 0. The number of aryl methyl sites for hydroxylation is 1. The molecular formula is C14H14N2O4. The van der Waals surface area contributed by atoms with Crippen LogP contribution in [0.25, 0.3) is 0 Å². The van der Waals surface area contributed by atoms with Gasteiger partial charge >= 0.3 is 5.97 Å². The molecule has 0 bridgehead atoms. The Morgan fingerprint density at radius 3 is 2.70 bits per heavy atom. The van der Waals surface area contributed by atoms with Gasteiger partial charge in [-0.1, -0.05) is 35.0 Å². The first-order valence-electron chi connectivity index (χ1n) is 5.98. The van der Waals surface area contributed by atoms with E-state index in [1.54, 1.807) is 7.05 Å². The highest BCUT2D eigenvalue weighted by Crippen LogP contribution is 2.10. The molecule has 0 radical (unpaired) electrons. The predicted molar refractivity (Wildman–Crippen MR) is 70.4 cm³/mol. The Hall–Kier alpha value is -2.63. The average Bonchev–Trinajstić information content (AvgIpc) is 2.87. The van der Waals surface area contributed by atoms with E-state index in [0.717, 1.165) is 17.2 Å². The lowest BCUT2D eigenvalue weighted by atomic mass is 10.1. The quantitative estimate of drug-likeness (QED) is 0.921. The number of hydrogen-bond acceptors (Lipinski definition) is 4. The van der Waals surface area contributed by atoms with E-state index < -0.39 is 5.97 Å². The van der Waals surface area contributed by atoms with Crippen LogP contribution in [0.1, 0.15) is 32.2 Å². The molecule has 6 heteroatoms. The molecule has 1 N–H and O–H groups in total. The number of carbonyl (C=O) groups is 2. The van der Waals surface area contributed by atoms with E-state index in [1.165, 1.54) is 4.90 Å². The molecule has 0 aliphatic rings. The number of rotatable bonds is 4. The smallest absolute Gasteiger partial charge is 0.374 e. The van der Waals surface area contributed by atoms with Crippen LogP contribution in [-0.4, -0.2) is 34.1 Å². The van der Waals surface area contributed by atoms with Gasteiger partial charge in [0.15, 0.2) is 5.69 Å². The molecule has 0 unspecified atom stereocenters. The number of nitrogens with zero attached hydrogens (tertiary/aromatic N) is 2. The summed E-state index contributed by atoms with van der Waals surface area (Å²) in [7, 11) is 1.62. The molecule has 1 amide bonds. The largest absolute Gasteiger partial charge is 0.475 e. The number of carboxylic acid groups (broad SMARTS) is 1. The van der Waals surface area contributed by atoms with Gasteiger partial charge < -0.3 is 14.5 Å². The van der Waals surface area contributed by atoms with Crippen molar-refractivity contribution >= 4 is 11.9 Å². The molecule has 0 saturated carbocycles. The first kappa shape index (κ1) is 13.8.